The minimum atomic E-state index is -1.35. The molecular weight excluding hydrogens is 254 g/mol. The first-order valence-electron chi connectivity index (χ1n) is 5.80. The summed E-state index contributed by atoms with van der Waals surface area (Å²) < 4.78 is 6.54. The van der Waals surface area contributed by atoms with Crippen LogP contribution < -0.4 is 11.4 Å². The first-order valence-corrected chi connectivity index (χ1v) is 5.80. The van der Waals surface area contributed by atoms with Crippen molar-refractivity contribution in [2.24, 2.45) is 0 Å². The van der Waals surface area contributed by atoms with Gasteiger partial charge >= 0.3 is 5.69 Å². The molecule has 8 heteroatoms. The van der Waals surface area contributed by atoms with Gasteiger partial charge in [-0.3, -0.25) is 4.57 Å². The van der Waals surface area contributed by atoms with E-state index in [2.05, 4.69) is 4.98 Å². The van der Waals surface area contributed by atoms with Crippen LogP contribution in [0.4, 0.5) is 5.82 Å². The van der Waals surface area contributed by atoms with E-state index in [1.165, 1.54) is 13.0 Å². The topological polar surface area (TPSA) is 131 Å². The fourth-order valence-electron chi connectivity index (χ4n) is 2.21. The number of nitrogens with two attached hydrogens (primary N) is 1. The second kappa shape index (κ2) is 4.57. The molecule has 0 spiro atoms. The molecule has 0 radical (unpaired) electrons. The molecule has 2 heterocycles. The van der Waals surface area contributed by atoms with Gasteiger partial charge in [0.1, 0.15) is 23.6 Å². The van der Waals surface area contributed by atoms with Gasteiger partial charge in [0.15, 0.2) is 6.23 Å². The van der Waals surface area contributed by atoms with Gasteiger partial charge in [0.05, 0.1) is 6.61 Å². The zero-order chi connectivity index (χ0) is 14.4. The molecule has 8 nitrogen and oxygen atoms in total. The van der Waals surface area contributed by atoms with Crippen LogP contribution in [0.2, 0.25) is 0 Å². The predicted molar refractivity (Wildman–Crippen MR) is 65.3 cm³/mol. The molecule has 0 aliphatic carbocycles. The lowest BCUT2D eigenvalue weighted by Gasteiger charge is -2.24. The van der Waals surface area contributed by atoms with Crippen LogP contribution in [-0.2, 0) is 4.74 Å². The zero-order valence-electron chi connectivity index (χ0n) is 10.6. The van der Waals surface area contributed by atoms with Crippen molar-refractivity contribution in [3.8, 4) is 0 Å². The van der Waals surface area contributed by atoms with E-state index < -0.39 is 36.3 Å². The van der Waals surface area contributed by atoms with E-state index in [0.29, 0.717) is 5.69 Å². The van der Waals surface area contributed by atoms with Gasteiger partial charge in [-0.25, -0.2) is 4.79 Å². The predicted octanol–water partition coefficient (Wildman–Crippen LogP) is -1.86. The molecule has 2 rings (SSSR count). The number of nitrogens with zero attached hydrogens (tertiary/aromatic N) is 2. The van der Waals surface area contributed by atoms with Gasteiger partial charge in [-0.15, -0.1) is 0 Å². The van der Waals surface area contributed by atoms with Crippen LogP contribution in [-0.4, -0.2) is 49.3 Å². The Morgan fingerprint density at radius 2 is 2.21 bits per heavy atom. The zero-order valence-corrected chi connectivity index (χ0v) is 10.6. The molecule has 4 atom stereocenters. The molecule has 1 saturated heterocycles. The Morgan fingerprint density at radius 3 is 2.68 bits per heavy atom. The molecule has 1 aromatic rings. The summed E-state index contributed by atoms with van der Waals surface area (Å²) in [6.45, 7) is 2.57. The van der Waals surface area contributed by atoms with Gasteiger partial charge in [-0.05, 0) is 19.9 Å². The van der Waals surface area contributed by atoms with Crippen LogP contribution in [0.15, 0.2) is 10.9 Å². The average Bonchev–Trinajstić information content (AvgIpc) is 2.54. The van der Waals surface area contributed by atoms with Crippen molar-refractivity contribution in [1.82, 2.24) is 9.55 Å². The van der Waals surface area contributed by atoms with E-state index in [4.69, 9.17) is 10.5 Å². The Morgan fingerprint density at radius 1 is 1.58 bits per heavy atom. The number of aliphatic hydroxyl groups is 3. The number of aryl methyl sites for hydroxylation is 1. The molecule has 106 valence electrons. The minimum absolute atomic E-state index is 0.0664. The smallest absolute Gasteiger partial charge is 0.351 e. The number of aromatic nitrogens is 2. The molecule has 1 fully saturated rings. The second-order valence-corrected chi connectivity index (χ2v) is 4.89. The standard InChI is InChI=1S/C11H17N3O5/c1-5-3-6(12)13-10(18)14(5)9-7(16)8(17)11(2,4-15)19-9/h3,7-9,15-17H,4H2,1-2H3,(H2,12,13,18)/t7-,8+,9-,11-/m1/s1. The summed E-state index contributed by atoms with van der Waals surface area (Å²) in [5.74, 6) is 0.0664. The van der Waals surface area contributed by atoms with Crippen LogP contribution in [0.1, 0.15) is 18.8 Å². The quantitative estimate of drug-likeness (QED) is 0.496. The lowest BCUT2D eigenvalue weighted by molar-refractivity contribution is -0.118. The van der Waals surface area contributed by atoms with Gasteiger partial charge in [-0.2, -0.15) is 4.98 Å². The highest BCUT2D eigenvalue weighted by molar-refractivity contribution is 5.28. The van der Waals surface area contributed by atoms with E-state index >= 15 is 0 Å². The van der Waals surface area contributed by atoms with Crippen molar-refractivity contribution >= 4 is 5.82 Å². The highest BCUT2D eigenvalue weighted by Crippen LogP contribution is 2.36. The maximum Gasteiger partial charge on any atom is 0.351 e. The summed E-state index contributed by atoms with van der Waals surface area (Å²) in [5.41, 5.74) is 3.87. The average molecular weight is 271 g/mol. The molecule has 0 bridgehead atoms. The normalized spacial score (nSPS) is 34.7. The van der Waals surface area contributed by atoms with Crippen LogP contribution in [0.5, 0.6) is 0 Å². The summed E-state index contributed by atoms with van der Waals surface area (Å²) >= 11 is 0. The van der Waals surface area contributed by atoms with E-state index in [-0.39, 0.29) is 5.82 Å². The van der Waals surface area contributed by atoms with Gasteiger partial charge < -0.3 is 25.8 Å². The Labute approximate surface area is 109 Å². The molecule has 0 unspecified atom stereocenters. The van der Waals surface area contributed by atoms with Crippen molar-refractivity contribution < 1.29 is 20.1 Å². The molecular formula is C11H17N3O5. The first-order chi connectivity index (χ1) is 8.80. The van der Waals surface area contributed by atoms with Crippen LogP contribution >= 0.6 is 0 Å². The number of nitrogen functional groups attached to an aromatic ring is 1. The lowest BCUT2D eigenvalue weighted by Crippen LogP contribution is -2.43. The van der Waals surface area contributed by atoms with Crippen molar-refractivity contribution in [2.75, 3.05) is 12.3 Å². The first kappa shape index (κ1) is 13.9. The Bertz CT molecular complexity index is 546. The number of rotatable bonds is 2. The minimum Gasteiger partial charge on any atom is -0.393 e. The van der Waals surface area contributed by atoms with E-state index in [1.54, 1.807) is 6.92 Å². The molecule has 0 saturated carbocycles. The summed E-state index contributed by atoms with van der Waals surface area (Å²) in [7, 11) is 0. The van der Waals surface area contributed by atoms with Crippen LogP contribution in [0, 0.1) is 6.92 Å². The molecule has 5 N–H and O–H groups in total. The fourth-order valence-corrected chi connectivity index (χ4v) is 2.21. The number of hydrogen-bond acceptors (Lipinski definition) is 7. The van der Waals surface area contributed by atoms with Gasteiger partial charge in [0, 0.05) is 5.69 Å². The Balaban J connectivity index is 2.47. The van der Waals surface area contributed by atoms with Crippen LogP contribution in [0.25, 0.3) is 0 Å². The largest absolute Gasteiger partial charge is 0.393 e. The third kappa shape index (κ3) is 2.12. The van der Waals surface area contributed by atoms with Gasteiger partial charge in [0.2, 0.25) is 0 Å². The molecule has 0 amide bonds. The maximum absolute atomic E-state index is 11.8. The SMILES string of the molecule is Cc1cc(N)nc(=O)n1[C@@H]1O[C@](C)(CO)[C@@H](O)[C@H]1O. The van der Waals surface area contributed by atoms with Gasteiger partial charge in [0.25, 0.3) is 0 Å². The molecule has 0 aromatic carbocycles. The highest BCUT2D eigenvalue weighted by atomic mass is 16.6. The third-order valence-corrected chi connectivity index (χ3v) is 3.37. The summed E-state index contributed by atoms with van der Waals surface area (Å²) in [5, 5.41) is 29.1. The Kier molecular flexibility index (Phi) is 3.35. The van der Waals surface area contributed by atoms with Crippen LogP contribution in [0.3, 0.4) is 0 Å². The Hall–Kier alpha value is -1.48. The van der Waals surface area contributed by atoms with Gasteiger partial charge in [-0.1, -0.05) is 0 Å². The molecule has 1 aliphatic heterocycles. The molecule has 19 heavy (non-hydrogen) atoms. The maximum atomic E-state index is 11.8. The molecule has 1 aromatic heterocycles. The van der Waals surface area contributed by atoms with E-state index in [1.807, 2.05) is 0 Å². The van der Waals surface area contributed by atoms with Crippen molar-refractivity contribution in [3.63, 3.8) is 0 Å². The summed E-state index contributed by atoms with van der Waals surface area (Å²) in [6.07, 6.45) is -3.78. The number of aliphatic hydroxyl groups excluding tert-OH is 3. The summed E-state index contributed by atoms with van der Waals surface area (Å²) in [4.78, 5) is 15.4. The number of ether oxygens (including phenoxy) is 1. The van der Waals surface area contributed by atoms with E-state index in [9.17, 15) is 20.1 Å². The van der Waals surface area contributed by atoms with E-state index in [0.717, 1.165) is 4.57 Å². The highest BCUT2D eigenvalue weighted by Gasteiger charge is 2.52. The fraction of sp³-hybridized carbons (Fsp3) is 0.636. The second-order valence-electron chi connectivity index (χ2n) is 4.89. The number of anilines is 1. The lowest BCUT2D eigenvalue weighted by atomic mass is 9.99. The molecule has 1 aliphatic rings. The van der Waals surface area contributed by atoms with Crippen molar-refractivity contribution in [2.45, 2.75) is 37.9 Å². The third-order valence-electron chi connectivity index (χ3n) is 3.37. The number of hydrogen-bond donors (Lipinski definition) is 4. The summed E-state index contributed by atoms with van der Waals surface area (Å²) in [6, 6.07) is 1.46. The van der Waals surface area contributed by atoms with Crippen molar-refractivity contribution in [3.05, 3.63) is 22.2 Å². The van der Waals surface area contributed by atoms with Crippen molar-refractivity contribution in [1.29, 1.82) is 0 Å². The monoisotopic (exact) mass is 271 g/mol.